The number of likely N-dealkylation sites (tertiary alicyclic amines) is 1. The van der Waals surface area contributed by atoms with Crippen LogP contribution in [0.1, 0.15) is 39.4 Å². The van der Waals surface area contributed by atoms with Gasteiger partial charge in [-0.2, -0.15) is 0 Å². The summed E-state index contributed by atoms with van der Waals surface area (Å²) in [7, 11) is 0. The highest BCUT2D eigenvalue weighted by Crippen LogP contribution is 2.34. The van der Waals surface area contributed by atoms with Crippen LogP contribution in [0.4, 0.5) is 5.82 Å². The molecule has 158 valence electrons. The molecule has 1 atom stereocenters. The zero-order valence-electron chi connectivity index (χ0n) is 17.3. The number of thiophene rings is 1. The molecular formula is C23H28N4O2S. The molecule has 0 N–H and O–H groups in total. The molecule has 2 saturated heterocycles. The molecule has 1 aliphatic carbocycles. The number of aryl methyl sites for hydroxylation is 1. The minimum Gasteiger partial charge on any atom is -0.353 e. The number of anilines is 1. The van der Waals surface area contributed by atoms with Gasteiger partial charge >= 0.3 is 0 Å². The fraction of sp³-hybridized carbons (Fsp3) is 0.522. The molecule has 0 spiro atoms. The minimum atomic E-state index is 0.0447. The van der Waals surface area contributed by atoms with E-state index in [-0.39, 0.29) is 17.7 Å². The Kier molecular flexibility index (Phi) is 5.46. The van der Waals surface area contributed by atoms with Gasteiger partial charge in [-0.15, -0.1) is 11.3 Å². The van der Waals surface area contributed by atoms with Crippen LogP contribution in [-0.4, -0.2) is 65.9 Å². The lowest BCUT2D eigenvalue weighted by atomic mass is 9.87. The maximum atomic E-state index is 13.2. The molecule has 6 nitrogen and oxygen atoms in total. The Morgan fingerprint density at radius 1 is 1.00 bits per heavy atom. The van der Waals surface area contributed by atoms with Gasteiger partial charge in [-0.1, -0.05) is 6.07 Å². The number of piperazine rings is 1. The number of rotatable bonds is 3. The molecule has 2 aromatic heterocycles. The maximum Gasteiger partial charge on any atom is 0.263 e. The third kappa shape index (κ3) is 3.83. The lowest BCUT2D eigenvalue weighted by molar-refractivity contribution is -0.136. The van der Waals surface area contributed by atoms with Crippen molar-refractivity contribution in [3.63, 3.8) is 0 Å². The van der Waals surface area contributed by atoms with Gasteiger partial charge in [0.25, 0.3) is 5.91 Å². The summed E-state index contributed by atoms with van der Waals surface area (Å²) in [6.07, 6.45) is 6.62. The smallest absolute Gasteiger partial charge is 0.263 e. The van der Waals surface area contributed by atoms with Crippen molar-refractivity contribution >= 4 is 29.0 Å². The highest BCUT2D eigenvalue weighted by atomic mass is 32.1. The number of fused-ring (bicyclic) bond motifs is 1. The molecular weight excluding hydrogens is 396 g/mol. The molecule has 0 bridgehead atoms. The van der Waals surface area contributed by atoms with Gasteiger partial charge in [0.2, 0.25) is 5.91 Å². The predicted octanol–water partition coefficient (Wildman–Crippen LogP) is 2.83. The molecule has 3 aliphatic rings. The summed E-state index contributed by atoms with van der Waals surface area (Å²) in [5, 5.41) is 0. The van der Waals surface area contributed by atoms with Gasteiger partial charge in [0.05, 0.1) is 4.88 Å². The van der Waals surface area contributed by atoms with E-state index in [4.69, 9.17) is 0 Å². The second-order valence-electron chi connectivity index (χ2n) is 8.50. The first kappa shape index (κ1) is 19.5. The fourth-order valence-corrected chi connectivity index (χ4v) is 6.05. The summed E-state index contributed by atoms with van der Waals surface area (Å²) in [5.74, 6) is 1.49. The topological polar surface area (TPSA) is 56.8 Å². The highest BCUT2D eigenvalue weighted by Gasteiger charge is 2.32. The molecule has 2 fully saturated rings. The molecule has 0 saturated carbocycles. The van der Waals surface area contributed by atoms with Crippen molar-refractivity contribution in [2.24, 2.45) is 5.92 Å². The lowest BCUT2D eigenvalue weighted by Gasteiger charge is -2.37. The van der Waals surface area contributed by atoms with Crippen LogP contribution >= 0.6 is 11.3 Å². The Hall–Kier alpha value is -2.41. The molecule has 2 aromatic rings. The van der Waals surface area contributed by atoms with Crippen molar-refractivity contribution < 1.29 is 9.59 Å². The largest absolute Gasteiger partial charge is 0.353 e. The van der Waals surface area contributed by atoms with Crippen molar-refractivity contribution in [2.45, 2.75) is 32.1 Å². The van der Waals surface area contributed by atoms with Crippen molar-refractivity contribution in [1.29, 1.82) is 0 Å². The number of carbonyl (C=O) groups excluding carboxylic acids is 2. The number of aromatic nitrogens is 1. The Labute approximate surface area is 181 Å². The fourth-order valence-electron chi connectivity index (χ4n) is 4.87. The Bertz CT molecular complexity index is 915. The number of amides is 2. The second kappa shape index (κ2) is 8.38. The number of pyridine rings is 1. The van der Waals surface area contributed by atoms with Crippen molar-refractivity contribution in [3.05, 3.63) is 45.8 Å². The normalized spacial score (nSPS) is 21.6. The van der Waals surface area contributed by atoms with E-state index in [1.807, 2.05) is 34.2 Å². The molecule has 2 aliphatic heterocycles. The highest BCUT2D eigenvalue weighted by molar-refractivity contribution is 7.14. The number of nitrogens with zero attached hydrogens (tertiary/aromatic N) is 4. The molecule has 5 rings (SSSR count). The maximum absolute atomic E-state index is 13.2. The summed E-state index contributed by atoms with van der Waals surface area (Å²) in [6.45, 7) is 4.92. The van der Waals surface area contributed by atoms with Crippen LogP contribution in [0, 0.1) is 5.92 Å². The summed E-state index contributed by atoms with van der Waals surface area (Å²) >= 11 is 1.65. The quantitative estimate of drug-likeness (QED) is 0.760. The summed E-state index contributed by atoms with van der Waals surface area (Å²) in [6, 6.07) is 8.02. The zero-order valence-corrected chi connectivity index (χ0v) is 18.1. The lowest BCUT2D eigenvalue weighted by Crippen LogP contribution is -2.51. The van der Waals surface area contributed by atoms with E-state index in [9.17, 15) is 9.59 Å². The van der Waals surface area contributed by atoms with Gasteiger partial charge < -0.3 is 14.7 Å². The van der Waals surface area contributed by atoms with Crippen molar-refractivity contribution in [3.8, 4) is 0 Å². The van der Waals surface area contributed by atoms with Gasteiger partial charge in [0.15, 0.2) is 0 Å². The van der Waals surface area contributed by atoms with Crippen LogP contribution < -0.4 is 4.90 Å². The summed E-state index contributed by atoms with van der Waals surface area (Å²) in [4.78, 5) is 38.7. The van der Waals surface area contributed by atoms with Gasteiger partial charge in [0.1, 0.15) is 5.82 Å². The number of hydrogen-bond acceptors (Lipinski definition) is 5. The van der Waals surface area contributed by atoms with E-state index in [0.717, 1.165) is 82.1 Å². The first-order chi connectivity index (χ1) is 14.7. The van der Waals surface area contributed by atoms with Gasteiger partial charge in [-0.3, -0.25) is 9.59 Å². The molecule has 4 heterocycles. The third-order valence-corrected chi connectivity index (χ3v) is 7.83. The minimum absolute atomic E-state index is 0.0447. The van der Waals surface area contributed by atoms with Crippen molar-refractivity contribution in [1.82, 2.24) is 14.8 Å². The SMILES string of the molecule is O=C(c1cc2c(s1)CCC(C(=O)N1CCN(c3ccccn3)CC1)C2)N1CCCC1. The molecule has 0 aromatic carbocycles. The number of hydrogen-bond donors (Lipinski definition) is 0. The van der Waals surface area contributed by atoms with E-state index in [0.29, 0.717) is 0 Å². The average Bonchev–Trinajstić information content (AvgIpc) is 3.48. The molecule has 2 amide bonds. The summed E-state index contributed by atoms with van der Waals surface area (Å²) in [5.41, 5.74) is 1.22. The zero-order chi connectivity index (χ0) is 20.5. The predicted molar refractivity (Wildman–Crippen MR) is 118 cm³/mol. The standard InChI is InChI=1S/C23H28N4O2S/c28-22(27-13-11-25(12-14-27)21-5-1-2-8-24-21)17-6-7-19-18(15-17)16-20(30-19)23(29)26-9-3-4-10-26/h1-2,5,8,16-17H,3-4,6-7,9-15H2. The third-order valence-electron chi connectivity index (χ3n) is 6.60. The first-order valence-electron chi connectivity index (χ1n) is 11.0. The van der Waals surface area contributed by atoms with Crippen LogP contribution in [-0.2, 0) is 17.6 Å². The summed E-state index contributed by atoms with van der Waals surface area (Å²) < 4.78 is 0. The monoisotopic (exact) mass is 424 g/mol. The van der Waals surface area contributed by atoms with Crippen LogP contribution in [0.3, 0.4) is 0 Å². The van der Waals surface area contributed by atoms with E-state index in [1.54, 1.807) is 11.3 Å². The first-order valence-corrected chi connectivity index (χ1v) is 11.9. The van der Waals surface area contributed by atoms with Crippen LogP contribution in [0.15, 0.2) is 30.5 Å². The van der Waals surface area contributed by atoms with E-state index >= 15 is 0 Å². The Morgan fingerprint density at radius 3 is 2.53 bits per heavy atom. The average molecular weight is 425 g/mol. The van der Waals surface area contributed by atoms with E-state index in [1.165, 1.54) is 10.4 Å². The number of carbonyl (C=O) groups is 2. The Balaban J connectivity index is 1.20. The van der Waals surface area contributed by atoms with Crippen molar-refractivity contribution in [2.75, 3.05) is 44.2 Å². The van der Waals surface area contributed by atoms with Crippen LogP contribution in [0.5, 0.6) is 0 Å². The molecule has 0 radical (unpaired) electrons. The molecule has 30 heavy (non-hydrogen) atoms. The van der Waals surface area contributed by atoms with Gasteiger partial charge in [0, 0.05) is 56.3 Å². The van der Waals surface area contributed by atoms with Crippen LogP contribution in [0.2, 0.25) is 0 Å². The Morgan fingerprint density at radius 2 is 1.80 bits per heavy atom. The van der Waals surface area contributed by atoms with E-state index < -0.39 is 0 Å². The second-order valence-corrected chi connectivity index (χ2v) is 9.64. The molecule has 7 heteroatoms. The van der Waals surface area contributed by atoms with Crippen LogP contribution in [0.25, 0.3) is 0 Å². The van der Waals surface area contributed by atoms with Gasteiger partial charge in [-0.05, 0) is 55.9 Å². The van der Waals surface area contributed by atoms with Gasteiger partial charge in [-0.25, -0.2) is 4.98 Å². The van der Waals surface area contributed by atoms with E-state index in [2.05, 4.69) is 16.0 Å². The molecule has 1 unspecified atom stereocenters.